The highest BCUT2D eigenvalue weighted by Crippen LogP contribution is 2.41. The quantitative estimate of drug-likeness (QED) is 0.838. The Kier molecular flexibility index (Phi) is 4.79. The summed E-state index contributed by atoms with van der Waals surface area (Å²) in [7, 11) is 0. The van der Waals surface area contributed by atoms with Crippen molar-refractivity contribution in [2.45, 2.75) is 45.1 Å². The molecule has 0 radical (unpaired) electrons. The van der Waals surface area contributed by atoms with E-state index in [1.807, 2.05) is 9.47 Å². The lowest BCUT2D eigenvalue weighted by Crippen LogP contribution is -2.33. The number of carbonyl (C=O) groups is 2. The Labute approximate surface area is 174 Å². The zero-order chi connectivity index (χ0) is 20.7. The lowest BCUT2D eigenvalue weighted by Gasteiger charge is -2.27. The predicted molar refractivity (Wildman–Crippen MR) is 107 cm³/mol. The molecular formula is C22H26FN5O2. The van der Waals surface area contributed by atoms with Crippen LogP contribution in [0.1, 0.15) is 58.9 Å². The highest BCUT2D eigenvalue weighted by Gasteiger charge is 2.41. The fraction of sp³-hybridized carbons (Fsp3) is 0.545. The number of nitrogens with zero attached hydrogens (tertiary/aromatic N) is 4. The van der Waals surface area contributed by atoms with Gasteiger partial charge in [-0.2, -0.15) is 0 Å². The average Bonchev–Trinajstić information content (AvgIpc) is 3.39. The van der Waals surface area contributed by atoms with Gasteiger partial charge >= 0.3 is 0 Å². The second-order valence-electron chi connectivity index (χ2n) is 8.98. The maximum Gasteiger partial charge on any atom is 0.289 e. The van der Waals surface area contributed by atoms with Gasteiger partial charge in [0.05, 0.1) is 0 Å². The number of rotatable bonds is 4. The van der Waals surface area contributed by atoms with Gasteiger partial charge < -0.3 is 14.8 Å². The molecule has 2 aliphatic heterocycles. The Balaban J connectivity index is 1.26. The van der Waals surface area contributed by atoms with Crippen molar-refractivity contribution < 1.29 is 14.0 Å². The summed E-state index contributed by atoms with van der Waals surface area (Å²) in [6, 6.07) is 5.88. The predicted octanol–water partition coefficient (Wildman–Crippen LogP) is 2.43. The first kappa shape index (κ1) is 19.2. The van der Waals surface area contributed by atoms with Gasteiger partial charge in [0.15, 0.2) is 0 Å². The molecule has 0 unspecified atom stereocenters. The van der Waals surface area contributed by atoms with Gasteiger partial charge in [-0.1, -0.05) is 6.07 Å². The SMILES string of the molecule is O=C(NCC1CC1)c1nnc2n1CC[C@@]1(CC2)CCN(C(=O)c2cccc(F)c2)C1. The number of halogens is 1. The van der Waals surface area contributed by atoms with E-state index in [-0.39, 0.29) is 17.2 Å². The standard InChI is InChI=1S/C22H26FN5O2/c23-17-3-1-2-16(12-17)21(30)27-10-8-22(14-27)7-6-18-25-26-19(28(18)11-9-22)20(29)24-13-15-4-5-15/h1-3,12,15H,4-11,13-14H2,(H,24,29)/t22-/m1/s1. The summed E-state index contributed by atoms with van der Waals surface area (Å²) in [5.74, 6) is 1.20. The fourth-order valence-corrected chi connectivity index (χ4v) is 4.73. The molecule has 30 heavy (non-hydrogen) atoms. The minimum absolute atomic E-state index is 0.00540. The number of fused-ring (bicyclic) bond motifs is 1. The zero-order valence-electron chi connectivity index (χ0n) is 16.9. The van der Waals surface area contributed by atoms with Crippen LogP contribution in [0.25, 0.3) is 0 Å². The molecule has 1 aromatic carbocycles. The molecule has 1 atom stereocenters. The first-order chi connectivity index (χ1) is 14.5. The molecule has 1 N–H and O–H groups in total. The number of aryl methyl sites for hydroxylation is 1. The Morgan fingerprint density at radius 2 is 2.00 bits per heavy atom. The molecule has 3 heterocycles. The summed E-state index contributed by atoms with van der Waals surface area (Å²) >= 11 is 0. The number of hydrogen-bond donors (Lipinski definition) is 1. The number of aromatic nitrogens is 3. The van der Waals surface area contributed by atoms with Gasteiger partial charge in [0.1, 0.15) is 11.6 Å². The van der Waals surface area contributed by atoms with Crippen LogP contribution in [0, 0.1) is 17.2 Å². The molecule has 1 spiro atoms. The van der Waals surface area contributed by atoms with Crippen molar-refractivity contribution in [1.82, 2.24) is 25.0 Å². The van der Waals surface area contributed by atoms with Crippen LogP contribution in [-0.2, 0) is 13.0 Å². The molecule has 1 saturated heterocycles. The zero-order valence-corrected chi connectivity index (χ0v) is 16.9. The summed E-state index contributed by atoms with van der Waals surface area (Å²) in [5, 5.41) is 11.4. The summed E-state index contributed by atoms with van der Waals surface area (Å²) in [4.78, 5) is 27.2. The van der Waals surface area contributed by atoms with E-state index in [0.717, 1.165) is 31.5 Å². The third-order valence-electron chi connectivity index (χ3n) is 6.82. The van der Waals surface area contributed by atoms with Crippen molar-refractivity contribution in [3.63, 3.8) is 0 Å². The number of amides is 2. The van der Waals surface area contributed by atoms with Gasteiger partial charge in [-0.3, -0.25) is 9.59 Å². The Bertz CT molecular complexity index is 986. The number of carbonyl (C=O) groups excluding carboxylic acids is 2. The largest absolute Gasteiger partial charge is 0.349 e. The van der Waals surface area contributed by atoms with Gasteiger partial charge in [-0.25, -0.2) is 4.39 Å². The maximum atomic E-state index is 13.5. The molecule has 1 aromatic heterocycles. The first-order valence-corrected chi connectivity index (χ1v) is 10.8. The molecular weight excluding hydrogens is 385 g/mol. The average molecular weight is 411 g/mol. The molecule has 2 fully saturated rings. The Hall–Kier alpha value is -2.77. The van der Waals surface area contributed by atoms with Gasteiger partial charge in [-0.15, -0.1) is 10.2 Å². The molecule has 2 aromatic rings. The number of benzene rings is 1. The highest BCUT2D eigenvalue weighted by molar-refractivity contribution is 5.94. The van der Waals surface area contributed by atoms with Crippen molar-refractivity contribution in [3.05, 3.63) is 47.3 Å². The van der Waals surface area contributed by atoms with Crippen LogP contribution in [0.4, 0.5) is 4.39 Å². The van der Waals surface area contributed by atoms with Crippen LogP contribution in [0.5, 0.6) is 0 Å². The third kappa shape index (κ3) is 3.70. The molecule has 158 valence electrons. The van der Waals surface area contributed by atoms with E-state index in [9.17, 15) is 14.0 Å². The molecule has 3 aliphatic rings. The summed E-state index contributed by atoms with van der Waals surface area (Å²) in [6.45, 7) is 2.72. The van der Waals surface area contributed by atoms with E-state index in [0.29, 0.717) is 43.5 Å². The van der Waals surface area contributed by atoms with E-state index in [1.54, 1.807) is 12.1 Å². The maximum absolute atomic E-state index is 13.5. The third-order valence-corrected chi connectivity index (χ3v) is 6.82. The first-order valence-electron chi connectivity index (χ1n) is 10.8. The van der Waals surface area contributed by atoms with E-state index in [1.165, 1.54) is 25.0 Å². The second-order valence-corrected chi connectivity index (χ2v) is 8.98. The van der Waals surface area contributed by atoms with Crippen LogP contribution in [0.2, 0.25) is 0 Å². The smallest absolute Gasteiger partial charge is 0.289 e. The molecule has 0 bridgehead atoms. The minimum Gasteiger partial charge on any atom is -0.349 e. The van der Waals surface area contributed by atoms with Crippen LogP contribution < -0.4 is 5.32 Å². The van der Waals surface area contributed by atoms with E-state index in [2.05, 4.69) is 15.5 Å². The lowest BCUT2D eigenvalue weighted by atomic mass is 9.80. The summed E-state index contributed by atoms with van der Waals surface area (Å²) in [6.07, 6.45) is 5.80. The molecule has 8 heteroatoms. The van der Waals surface area contributed by atoms with Crippen molar-refractivity contribution >= 4 is 11.8 Å². The minimum atomic E-state index is -0.394. The van der Waals surface area contributed by atoms with Crippen molar-refractivity contribution in [2.24, 2.45) is 11.3 Å². The van der Waals surface area contributed by atoms with Crippen molar-refractivity contribution in [2.75, 3.05) is 19.6 Å². The monoisotopic (exact) mass is 411 g/mol. The molecule has 2 amide bonds. The molecule has 5 rings (SSSR count). The number of likely N-dealkylation sites (tertiary alicyclic amines) is 1. The Morgan fingerprint density at radius 3 is 2.80 bits per heavy atom. The molecule has 1 aliphatic carbocycles. The Morgan fingerprint density at radius 1 is 1.17 bits per heavy atom. The van der Waals surface area contributed by atoms with Crippen LogP contribution in [-0.4, -0.2) is 51.1 Å². The normalized spacial score (nSPS) is 23.3. The van der Waals surface area contributed by atoms with Crippen molar-refractivity contribution in [1.29, 1.82) is 0 Å². The summed E-state index contributed by atoms with van der Waals surface area (Å²) < 4.78 is 15.5. The van der Waals surface area contributed by atoms with Gasteiger partial charge in [0, 0.05) is 38.2 Å². The summed E-state index contributed by atoms with van der Waals surface area (Å²) in [5.41, 5.74) is 0.401. The van der Waals surface area contributed by atoms with Crippen LogP contribution in [0.3, 0.4) is 0 Å². The van der Waals surface area contributed by atoms with Gasteiger partial charge in [-0.05, 0) is 61.6 Å². The van der Waals surface area contributed by atoms with Crippen molar-refractivity contribution in [3.8, 4) is 0 Å². The lowest BCUT2D eigenvalue weighted by molar-refractivity contribution is 0.0766. The van der Waals surface area contributed by atoms with Crippen LogP contribution >= 0.6 is 0 Å². The van der Waals surface area contributed by atoms with Gasteiger partial charge in [0.25, 0.3) is 11.8 Å². The number of nitrogens with one attached hydrogen (secondary N) is 1. The molecule has 7 nitrogen and oxygen atoms in total. The second kappa shape index (κ2) is 7.49. The highest BCUT2D eigenvalue weighted by atomic mass is 19.1. The van der Waals surface area contributed by atoms with Crippen LogP contribution in [0.15, 0.2) is 24.3 Å². The van der Waals surface area contributed by atoms with E-state index >= 15 is 0 Å². The van der Waals surface area contributed by atoms with E-state index < -0.39 is 5.82 Å². The molecule has 1 saturated carbocycles. The topological polar surface area (TPSA) is 80.1 Å². The van der Waals surface area contributed by atoms with E-state index in [4.69, 9.17) is 0 Å². The number of hydrogen-bond acceptors (Lipinski definition) is 4. The van der Waals surface area contributed by atoms with Gasteiger partial charge in [0.2, 0.25) is 5.82 Å². The fourth-order valence-electron chi connectivity index (χ4n) is 4.73.